The van der Waals surface area contributed by atoms with E-state index in [0.717, 1.165) is 34.4 Å². The maximum absolute atomic E-state index is 12.3. The van der Waals surface area contributed by atoms with Crippen molar-refractivity contribution in [2.24, 2.45) is 0 Å². The van der Waals surface area contributed by atoms with Gasteiger partial charge in [0.2, 0.25) is 0 Å². The molecule has 0 radical (unpaired) electrons. The van der Waals surface area contributed by atoms with Gasteiger partial charge in [-0.25, -0.2) is 14.4 Å². The molecular formula is C29H24O6. The summed E-state index contributed by atoms with van der Waals surface area (Å²) < 4.78 is 15.3. The summed E-state index contributed by atoms with van der Waals surface area (Å²) in [6.07, 6.45) is 5.87. The molecule has 0 fully saturated rings. The van der Waals surface area contributed by atoms with Crippen molar-refractivity contribution in [3.05, 3.63) is 121 Å². The molecule has 6 heteroatoms. The Labute approximate surface area is 203 Å². The minimum atomic E-state index is -0.518. The zero-order chi connectivity index (χ0) is 25.0. The van der Waals surface area contributed by atoms with Crippen LogP contribution in [0.15, 0.2) is 104 Å². The summed E-state index contributed by atoms with van der Waals surface area (Å²) in [5.74, 6) is -1.01. The summed E-state index contributed by atoms with van der Waals surface area (Å²) in [4.78, 5) is 34.7. The Hall–Kier alpha value is -4.71. The van der Waals surface area contributed by atoms with E-state index in [0.29, 0.717) is 17.7 Å². The van der Waals surface area contributed by atoms with Gasteiger partial charge in [0, 0.05) is 18.6 Å². The van der Waals surface area contributed by atoms with E-state index in [1.54, 1.807) is 30.3 Å². The van der Waals surface area contributed by atoms with Crippen LogP contribution in [-0.4, -0.2) is 24.5 Å². The minimum absolute atomic E-state index is 0.285. The highest BCUT2D eigenvalue weighted by Gasteiger charge is 2.07. The van der Waals surface area contributed by atoms with Crippen LogP contribution in [-0.2, 0) is 25.5 Å². The van der Waals surface area contributed by atoms with Gasteiger partial charge in [-0.05, 0) is 52.6 Å². The third kappa shape index (κ3) is 7.68. The number of hydrogen-bond donors (Lipinski definition) is 0. The number of hydrogen-bond acceptors (Lipinski definition) is 6. The van der Waals surface area contributed by atoms with E-state index in [9.17, 15) is 14.4 Å². The van der Waals surface area contributed by atoms with Crippen LogP contribution in [0.2, 0.25) is 0 Å². The first-order valence-electron chi connectivity index (χ1n) is 10.8. The summed E-state index contributed by atoms with van der Waals surface area (Å²) in [6, 6.07) is 21.6. The molecule has 0 aliphatic heterocycles. The molecule has 0 unspecified atom stereocenters. The monoisotopic (exact) mass is 468 g/mol. The van der Waals surface area contributed by atoms with Crippen molar-refractivity contribution in [1.29, 1.82) is 0 Å². The summed E-state index contributed by atoms with van der Waals surface area (Å²) in [6.45, 7) is 7.00. The zero-order valence-corrected chi connectivity index (χ0v) is 19.0. The lowest BCUT2D eigenvalue weighted by molar-refractivity contribution is -0.137. The fourth-order valence-corrected chi connectivity index (χ4v) is 3.04. The van der Waals surface area contributed by atoms with Gasteiger partial charge in [-0.1, -0.05) is 61.7 Å². The van der Waals surface area contributed by atoms with Gasteiger partial charge >= 0.3 is 17.9 Å². The van der Waals surface area contributed by atoms with Crippen LogP contribution in [0.3, 0.4) is 0 Å². The van der Waals surface area contributed by atoms with E-state index >= 15 is 0 Å². The van der Waals surface area contributed by atoms with Crippen LogP contribution >= 0.6 is 0 Å². The molecule has 0 spiro atoms. The second kappa shape index (κ2) is 12.5. The van der Waals surface area contributed by atoms with Gasteiger partial charge in [-0.15, -0.1) is 0 Å². The highest BCUT2D eigenvalue weighted by Crippen LogP contribution is 2.23. The molecule has 3 aromatic rings. The Morgan fingerprint density at radius 1 is 0.743 bits per heavy atom. The van der Waals surface area contributed by atoms with Crippen LogP contribution in [0.4, 0.5) is 0 Å². The maximum atomic E-state index is 12.3. The second-order valence-corrected chi connectivity index (χ2v) is 7.30. The van der Waals surface area contributed by atoms with Gasteiger partial charge < -0.3 is 14.2 Å². The smallest absolute Gasteiger partial charge is 0.342 e. The topological polar surface area (TPSA) is 78.9 Å². The highest BCUT2D eigenvalue weighted by molar-refractivity contribution is 5.90. The van der Waals surface area contributed by atoms with Crippen molar-refractivity contribution in [3.8, 4) is 16.9 Å². The molecule has 6 nitrogen and oxygen atoms in total. The van der Waals surface area contributed by atoms with Crippen LogP contribution in [0.5, 0.6) is 5.75 Å². The molecule has 0 heterocycles. The Kier molecular flexibility index (Phi) is 8.91. The largest absolute Gasteiger partial charge is 0.462 e. The van der Waals surface area contributed by atoms with Crippen LogP contribution in [0.1, 0.15) is 21.5 Å². The van der Waals surface area contributed by atoms with Gasteiger partial charge in [-0.2, -0.15) is 0 Å². The maximum Gasteiger partial charge on any atom is 0.342 e. The average Bonchev–Trinajstić information content (AvgIpc) is 2.90. The molecule has 0 saturated heterocycles. The quantitative estimate of drug-likeness (QED) is 0.168. The van der Waals surface area contributed by atoms with E-state index in [2.05, 4.69) is 13.2 Å². The van der Waals surface area contributed by atoms with Crippen molar-refractivity contribution < 1.29 is 28.6 Å². The summed E-state index contributed by atoms with van der Waals surface area (Å²) in [7, 11) is 0. The first-order chi connectivity index (χ1) is 17.0. The fraction of sp³-hybridized carbons (Fsp3) is 0.0690. The number of esters is 3. The lowest BCUT2D eigenvalue weighted by atomic mass is 10.0. The third-order valence-electron chi connectivity index (χ3n) is 4.91. The summed E-state index contributed by atoms with van der Waals surface area (Å²) in [5, 5.41) is 0. The summed E-state index contributed by atoms with van der Waals surface area (Å²) in [5.41, 5.74) is 4.11. The van der Waals surface area contributed by atoms with Crippen molar-refractivity contribution in [2.45, 2.75) is 6.42 Å². The third-order valence-corrected chi connectivity index (χ3v) is 4.91. The highest BCUT2D eigenvalue weighted by atomic mass is 16.5. The molecule has 3 aromatic carbocycles. The Bertz CT molecular complexity index is 1220. The molecular weight excluding hydrogens is 444 g/mol. The summed E-state index contributed by atoms with van der Waals surface area (Å²) >= 11 is 0. The van der Waals surface area contributed by atoms with Gasteiger partial charge in [-0.3, -0.25) is 0 Å². The number of rotatable bonds is 10. The minimum Gasteiger partial charge on any atom is -0.462 e. The van der Waals surface area contributed by atoms with E-state index in [1.165, 1.54) is 6.26 Å². The van der Waals surface area contributed by atoms with Gasteiger partial charge in [0.25, 0.3) is 0 Å². The molecule has 0 saturated carbocycles. The lowest BCUT2D eigenvalue weighted by Crippen LogP contribution is -2.04. The SMILES string of the molecule is C=CC(=O)OCCc1ccc(C=COC(=O)c2ccc(-c3ccc(OC(=O)C=C)cc3)cc2)cc1. The Morgan fingerprint density at radius 2 is 1.34 bits per heavy atom. The molecule has 0 aliphatic carbocycles. The predicted octanol–water partition coefficient (Wildman–Crippen LogP) is 5.54. The first-order valence-corrected chi connectivity index (χ1v) is 10.8. The van der Waals surface area contributed by atoms with Crippen molar-refractivity contribution in [3.63, 3.8) is 0 Å². The van der Waals surface area contributed by atoms with Crippen molar-refractivity contribution in [2.75, 3.05) is 6.61 Å². The van der Waals surface area contributed by atoms with Gasteiger partial charge in [0.05, 0.1) is 18.4 Å². The number of benzene rings is 3. The number of carbonyl (C=O) groups is 3. The predicted molar refractivity (Wildman–Crippen MR) is 133 cm³/mol. The van der Waals surface area contributed by atoms with Crippen molar-refractivity contribution in [1.82, 2.24) is 0 Å². The van der Waals surface area contributed by atoms with E-state index in [-0.39, 0.29) is 6.61 Å². The average molecular weight is 469 g/mol. The lowest BCUT2D eigenvalue weighted by Gasteiger charge is -2.06. The van der Waals surface area contributed by atoms with Crippen LogP contribution in [0, 0.1) is 0 Å². The Morgan fingerprint density at radius 3 is 1.94 bits per heavy atom. The van der Waals surface area contributed by atoms with Crippen LogP contribution < -0.4 is 4.74 Å². The normalized spacial score (nSPS) is 10.4. The molecule has 0 bridgehead atoms. The molecule has 3 rings (SSSR count). The first kappa shape index (κ1) is 24.9. The molecule has 35 heavy (non-hydrogen) atoms. The van der Waals surface area contributed by atoms with Gasteiger partial charge in [0.1, 0.15) is 5.75 Å². The fourth-order valence-electron chi connectivity index (χ4n) is 3.04. The van der Waals surface area contributed by atoms with E-state index in [4.69, 9.17) is 14.2 Å². The zero-order valence-electron chi connectivity index (χ0n) is 19.0. The molecule has 176 valence electrons. The number of carbonyl (C=O) groups excluding carboxylic acids is 3. The van der Waals surface area contributed by atoms with Gasteiger partial charge in [0.15, 0.2) is 0 Å². The number of ether oxygens (including phenoxy) is 3. The van der Waals surface area contributed by atoms with Crippen molar-refractivity contribution >= 4 is 24.0 Å². The molecule has 0 N–H and O–H groups in total. The second-order valence-electron chi connectivity index (χ2n) is 7.30. The standard InChI is InChI=1S/C29H24O6/c1-3-27(30)33-19-17-21-5-7-22(8-6-21)18-20-34-29(32)25-11-9-23(10-12-25)24-13-15-26(16-14-24)35-28(31)4-2/h3-16,18,20H,1-2,17,19H2. The van der Waals surface area contributed by atoms with Crippen LogP contribution in [0.25, 0.3) is 17.2 Å². The van der Waals surface area contributed by atoms with E-state index < -0.39 is 17.9 Å². The molecule has 0 atom stereocenters. The molecule has 0 aliphatic rings. The molecule has 0 amide bonds. The molecule has 0 aromatic heterocycles. The van der Waals surface area contributed by atoms with E-state index in [1.807, 2.05) is 48.5 Å². The Balaban J connectivity index is 1.51.